The second-order valence-corrected chi connectivity index (χ2v) is 7.40. The van der Waals surface area contributed by atoms with Crippen molar-refractivity contribution in [3.8, 4) is 0 Å². The van der Waals surface area contributed by atoms with Crippen LogP contribution in [0, 0.1) is 0 Å². The molecule has 1 aliphatic heterocycles. The van der Waals surface area contributed by atoms with Gasteiger partial charge in [-0.05, 0) is 43.2 Å². The molecule has 0 saturated carbocycles. The number of hydroxylamine groups is 1. The summed E-state index contributed by atoms with van der Waals surface area (Å²) >= 11 is 7.32. The van der Waals surface area contributed by atoms with Gasteiger partial charge < -0.3 is 10.2 Å². The van der Waals surface area contributed by atoms with E-state index in [1.807, 2.05) is 10.3 Å². The van der Waals surface area contributed by atoms with Crippen LogP contribution < -0.4 is 10.8 Å². The normalized spacial score (nSPS) is 15.1. The molecule has 7 nitrogen and oxygen atoms in total. The summed E-state index contributed by atoms with van der Waals surface area (Å²) in [6, 6.07) is 7.18. The number of carbonyl (C=O) groups excluding carboxylic acids is 2. The number of halogens is 1. The Morgan fingerprint density at radius 1 is 1.26 bits per heavy atom. The number of nitrogens with one attached hydrogen (secondary N) is 2. The molecule has 142 valence electrons. The lowest BCUT2D eigenvalue weighted by molar-refractivity contribution is -0.124. The number of anilines is 1. The lowest BCUT2D eigenvalue weighted by Crippen LogP contribution is -2.42. The number of amides is 2. The molecule has 1 fully saturated rings. The van der Waals surface area contributed by atoms with E-state index in [-0.39, 0.29) is 11.9 Å². The van der Waals surface area contributed by atoms with Crippen LogP contribution in [0.3, 0.4) is 0 Å². The van der Waals surface area contributed by atoms with E-state index in [4.69, 9.17) is 16.8 Å². The van der Waals surface area contributed by atoms with Crippen LogP contribution in [0.2, 0.25) is 5.02 Å². The Balaban J connectivity index is 1.50. The van der Waals surface area contributed by atoms with Crippen LogP contribution in [0.15, 0.2) is 35.7 Å². The van der Waals surface area contributed by atoms with Gasteiger partial charge in [-0.2, -0.15) is 0 Å². The van der Waals surface area contributed by atoms with E-state index in [9.17, 15) is 9.59 Å². The molecule has 3 rings (SSSR count). The Labute approximate surface area is 165 Å². The van der Waals surface area contributed by atoms with Crippen molar-refractivity contribution in [1.29, 1.82) is 0 Å². The summed E-state index contributed by atoms with van der Waals surface area (Å²) in [5.74, 6) is -0.579. The molecule has 27 heavy (non-hydrogen) atoms. The molecular weight excluding hydrogens is 388 g/mol. The first kappa shape index (κ1) is 19.3. The summed E-state index contributed by atoms with van der Waals surface area (Å²) in [6.45, 7) is 1.35. The molecule has 0 bridgehead atoms. The number of rotatable bonds is 5. The summed E-state index contributed by atoms with van der Waals surface area (Å²) in [5, 5.41) is 15.0. The van der Waals surface area contributed by atoms with Gasteiger partial charge in [0.2, 0.25) is 0 Å². The zero-order valence-corrected chi connectivity index (χ0v) is 16.0. The number of piperidine rings is 1. The van der Waals surface area contributed by atoms with E-state index >= 15 is 0 Å². The number of hydrogen-bond acceptors (Lipinski definition) is 6. The van der Waals surface area contributed by atoms with Crippen LogP contribution in [0.25, 0.3) is 6.08 Å². The molecule has 0 spiro atoms. The fraction of sp³-hybridized carbons (Fsp3) is 0.278. The summed E-state index contributed by atoms with van der Waals surface area (Å²) in [6.07, 6.45) is 4.40. The number of likely N-dealkylation sites (tertiary alicyclic amines) is 1. The van der Waals surface area contributed by atoms with Crippen LogP contribution in [0.1, 0.15) is 28.9 Å². The molecule has 9 heteroatoms. The predicted octanol–water partition coefficient (Wildman–Crippen LogP) is 3.03. The molecule has 0 aliphatic carbocycles. The summed E-state index contributed by atoms with van der Waals surface area (Å²) in [5.41, 5.74) is 2.82. The van der Waals surface area contributed by atoms with Gasteiger partial charge in [0, 0.05) is 41.2 Å². The van der Waals surface area contributed by atoms with Crippen molar-refractivity contribution in [2.75, 3.05) is 18.4 Å². The molecule has 0 radical (unpaired) electrons. The van der Waals surface area contributed by atoms with Crippen molar-refractivity contribution in [3.05, 3.63) is 52.0 Å². The number of benzene rings is 1. The Hall–Kier alpha value is -2.42. The highest BCUT2D eigenvalue weighted by Gasteiger charge is 2.24. The molecule has 0 atom stereocenters. The first-order chi connectivity index (χ1) is 13.0. The summed E-state index contributed by atoms with van der Waals surface area (Å²) < 4.78 is 0. The second-order valence-electron chi connectivity index (χ2n) is 6.10. The lowest BCUT2D eigenvalue weighted by atomic mass is 10.0. The number of nitrogens with zero attached hydrogens (tertiary/aromatic N) is 2. The Kier molecular flexibility index (Phi) is 6.44. The molecule has 3 N–H and O–H groups in total. The van der Waals surface area contributed by atoms with Crippen molar-refractivity contribution in [2.24, 2.45) is 0 Å². The first-order valence-electron chi connectivity index (χ1n) is 8.44. The first-order valence-corrected chi connectivity index (χ1v) is 9.70. The minimum absolute atomic E-state index is 0.0222. The smallest absolute Gasteiger partial charge is 0.267 e. The van der Waals surface area contributed by atoms with Crippen LogP contribution >= 0.6 is 22.9 Å². The standard InChI is InChI=1S/C18H19ClN4O3S/c19-13-3-1-12(2-4-13)17(25)23-9-7-14(8-10-23)20-18-21-15(11-27-18)5-6-16(24)22-26/h1-6,11,14,26H,7-10H2,(H,20,21)(H,22,24)/b6-5+. The third-order valence-electron chi connectivity index (χ3n) is 4.24. The van der Waals surface area contributed by atoms with E-state index in [0.717, 1.165) is 18.0 Å². The molecular formula is C18H19ClN4O3S. The number of thiazole rings is 1. The monoisotopic (exact) mass is 406 g/mol. The molecule has 2 amide bonds. The maximum Gasteiger partial charge on any atom is 0.267 e. The minimum Gasteiger partial charge on any atom is -0.359 e. The highest BCUT2D eigenvalue weighted by molar-refractivity contribution is 7.13. The fourth-order valence-corrected chi connectivity index (χ4v) is 3.69. The van der Waals surface area contributed by atoms with Crippen LogP contribution in [0.5, 0.6) is 0 Å². The van der Waals surface area contributed by atoms with Crippen LogP contribution in [-0.4, -0.2) is 46.0 Å². The van der Waals surface area contributed by atoms with Gasteiger partial charge in [-0.25, -0.2) is 10.5 Å². The van der Waals surface area contributed by atoms with E-state index in [1.54, 1.807) is 24.3 Å². The SMILES string of the molecule is O=C(/C=C/c1csc(NC2CCN(C(=O)c3ccc(Cl)cc3)CC2)n1)NO. The molecule has 0 unspecified atom stereocenters. The molecule has 1 aromatic heterocycles. The largest absolute Gasteiger partial charge is 0.359 e. The predicted molar refractivity (Wildman–Crippen MR) is 105 cm³/mol. The highest BCUT2D eigenvalue weighted by atomic mass is 35.5. The van der Waals surface area contributed by atoms with E-state index < -0.39 is 5.91 Å². The fourth-order valence-electron chi connectivity index (χ4n) is 2.80. The topological polar surface area (TPSA) is 94.6 Å². The van der Waals surface area contributed by atoms with Crippen molar-refractivity contribution >= 4 is 46.0 Å². The Morgan fingerprint density at radius 2 is 1.96 bits per heavy atom. The third-order valence-corrected chi connectivity index (χ3v) is 5.28. The molecule has 2 aromatic rings. The molecule has 2 heterocycles. The Bertz CT molecular complexity index is 829. The number of hydrogen-bond donors (Lipinski definition) is 3. The summed E-state index contributed by atoms with van der Waals surface area (Å²) in [4.78, 5) is 29.8. The second kappa shape index (κ2) is 8.98. The van der Waals surface area contributed by atoms with Crippen molar-refractivity contribution in [1.82, 2.24) is 15.4 Å². The van der Waals surface area contributed by atoms with Crippen LogP contribution in [0.4, 0.5) is 5.13 Å². The average Bonchev–Trinajstić information content (AvgIpc) is 3.14. The molecule has 1 aromatic carbocycles. The number of carbonyl (C=O) groups is 2. The summed E-state index contributed by atoms with van der Waals surface area (Å²) in [7, 11) is 0. The van der Waals surface area contributed by atoms with Crippen molar-refractivity contribution in [2.45, 2.75) is 18.9 Å². The van der Waals surface area contributed by atoms with Crippen molar-refractivity contribution < 1.29 is 14.8 Å². The van der Waals surface area contributed by atoms with E-state index in [1.165, 1.54) is 29.0 Å². The van der Waals surface area contributed by atoms with E-state index in [2.05, 4.69) is 10.3 Å². The molecule has 1 aliphatic rings. The average molecular weight is 407 g/mol. The van der Waals surface area contributed by atoms with Gasteiger partial charge in [0.05, 0.1) is 5.69 Å². The van der Waals surface area contributed by atoms with Gasteiger partial charge in [0.1, 0.15) is 0 Å². The highest BCUT2D eigenvalue weighted by Crippen LogP contribution is 2.22. The molecule has 1 saturated heterocycles. The van der Waals surface area contributed by atoms with Crippen LogP contribution in [-0.2, 0) is 4.79 Å². The quantitative estimate of drug-likeness (QED) is 0.403. The number of aromatic nitrogens is 1. The maximum absolute atomic E-state index is 12.5. The van der Waals surface area contributed by atoms with E-state index in [0.29, 0.717) is 29.4 Å². The lowest BCUT2D eigenvalue weighted by Gasteiger charge is -2.32. The van der Waals surface area contributed by atoms with Gasteiger partial charge in [0.15, 0.2) is 5.13 Å². The minimum atomic E-state index is -0.602. The van der Waals surface area contributed by atoms with Gasteiger partial charge >= 0.3 is 0 Å². The van der Waals surface area contributed by atoms with Gasteiger partial charge in [-0.1, -0.05) is 11.6 Å². The van der Waals surface area contributed by atoms with Gasteiger partial charge in [0.25, 0.3) is 11.8 Å². The van der Waals surface area contributed by atoms with Gasteiger partial charge in [-0.3, -0.25) is 14.8 Å². The maximum atomic E-state index is 12.5. The Morgan fingerprint density at radius 3 is 2.63 bits per heavy atom. The zero-order valence-electron chi connectivity index (χ0n) is 14.4. The third kappa shape index (κ3) is 5.29. The van der Waals surface area contributed by atoms with Gasteiger partial charge in [-0.15, -0.1) is 11.3 Å². The zero-order chi connectivity index (χ0) is 19.2. The van der Waals surface area contributed by atoms with Crippen molar-refractivity contribution in [3.63, 3.8) is 0 Å².